The molecule has 2 amide bonds. The molecular formula is C25H31Cl3N2O3. The highest BCUT2D eigenvalue weighted by Gasteiger charge is 2.30. The summed E-state index contributed by atoms with van der Waals surface area (Å²) in [6.45, 7) is 8.09. The fraction of sp³-hybridized carbons (Fsp3) is 0.440. The third-order valence-corrected chi connectivity index (χ3v) is 6.68. The topological polar surface area (TPSA) is 58.6 Å². The van der Waals surface area contributed by atoms with E-state index in [0.717, 1.165) is 24.0 Å². The lowest BCUT2D eigenvalue weighted by Crippen LogP contribution is -2.50. The molecular weight excluding hydrogens is 483 g/mol. The lowest BCUT2D eigenvalue weighted by Gasteiger charge is -2.31. The predicted molar refractivity (Wildman–Crippen MR) is 135 cm³/mol. The second kappa shape index (κ2) is 13.1. The summed E-state index contributed by atoms with van der Waals surface area (Å²) in [7, 11) is 0. The van der Waals surface area contributed by atoms with Gasteiger partial charge in [0, 0.05) is 33.7 Å². The summed E-state index contributed by atoms with van der Waals surface area (Å²) in [5, 5.41) is 4.46. The highest BCUT2D eigenvalue weighted by molar-refractivity contribution is 6.36. The first kappa shape index (κ1) is 27.3. The Kier molecular flexibility index (Phi) is 10.8. The van der Waals surface area contributed by atoms with Crippen LogP contribution >= 0.6 is 34.8 Å². The molecule has 5 nitrogen and oxygen atoms in total. The molecule has 0 unspecified atom stereocenters. The van der Waals surface area contributed by atoms with Gasteiger partial charge in [0.2, 0.25) is 5.91 Å². The number of amides is 2. The Hall–Kier alpha value is -1.95. The van der Waals surface area contributed by atoms with E-state index in [9.17, 15) is 9.59 Å². The Morgan fingerprint density at radius 1 is 1.06 bits per heavy atom. The van der Waals surface area contributed by atoms with E-state index in [-0.39, 0.29) is 25.0 Å². The van der Waals surface area contributed by atoms with Crippen molar-refractivity contribution in [1.82, 2.24) is 10.2 Å². The van der Waals surface area contributed by atoms with Gasteiger partial charge in [0.25, 0.3) is 5.91 Å². The number of carbonyl (C=O) groups excluding carboxylic acids is 2. The van der Waals surface area contributed by atoms with Crippen LogP contribution in [0.5, 0.6) is 5.75 Å². The Morgan fingerprint density at radius 2 is 1.67 bits per heavy atom. The molecule has 0 spiro atoms. The number of aryl methyl sites for hydroxylation is 2. The summed E-state index contributed by atoms with van der Waals surface area (Å²) in [5.74, 6) is -0.00619. The zero-order valence-corrected chi connectivity index (χ0v) is 21.8. The number of rotatable bonds is 11. The van der Waals surface area contributed by atoms with Crippen molar-refractivity contribution in [3.8, 4) is 5.75 Å². The molecule has 2 rings (SSSR count). The average molecular weight is 514 g/mol. The summed E-state index contributed by atoms with van der Waals surface area (Å²) in [6.07, 6.45) is 2.26. The SMILES string of the molecule is CCCCNC(=O)[C@@H](CC)N(Cc1c(Cl)cccc1Cl)C(=O)COc1cc(C)c(Cl)c(C)c1. The molecule has 0 aromatic heterocycles. The van der Waals surface area contributed by atoms with Crippen LogP contribution in [0.15, 0.2) is 30.3 Å². The van der Waals surface area contributed by atoms with Gasteiger partial charge in [0.1, 0.15) is 11.8 Å². The standard InChI is InChI=1S/C25H31Cl3N2O3/c1-5-7-11-29-25(32)22(6-2)30(14-19-20(26)9-8-10-21(19)27)23(31)15-33-18-12-16(3)24(28)17(4)13-18/h8-10,12-13,22H,5-7,11,14-15H2,1-4H3,(H,29,32)/t22-/m1/s1. The van der Waals surface area contributed by atoms with Gasteiger partial charge in [-0.25, -0.2) is 0 Å². The second-order valence-corrected chi connectivity index (χ2v) is 9.14. The molecule has 0 aliphatic carbocycles. The van der Waals surface area contributed by atoms with Gasteiger partial charge in [-0.3, -0.25) is 9.59 Å². The van der Waals surface area contributed by atoms with Crippen molar-refractivity contribution in [2.75, 3.05) is 13.2 Å². The molecule has 1 N–H and O–H groups in total. The number of halogens is 3. The van der Waals surface area contributed by atoms with Crippen LogP contribution in [0.1, 0.15) is 49.8 Å². The lowest BCUT2D eigenvalue weighted by molar-refractivity contribution is -0.143. The van der Waals surface area contributed by atoms with Crippen LogP contribution in [0.25, 0.3) is 0 Å². The van der Waals surface area contributed by atoms with Crippen molar-refractivity contribution >= 4 is 46.6 Å². The molecule has 2 aromatic rings. The first-order valence-corrected chi connectivity index (χ1v) is 12.2. The van der Waals surface area contributed by atoms with Crippen LogP contribution < -0.4 is 10.1 Å². The van der Waals surface area contributed by atoms with Crippen molar-refractivity contribution in [3.63, 3.8) is 0 Å². The molecule has 33 heavy (non-hydrogen) atoms. The van der Waals surface area contributed by atoms with Gasteiger partial charge in [-0.05, 0) is 62.1 Å². The van der Waals surface area contributed by atoms with E-state index in [1.54, 1.807) is 30.3 Å². The Labute approximate surface area is 211 Å². The molecule has 0 saturated carbocycles. The third-order valence-electron chi connectivity index (χ3n) is 5.38. The number of ether oxygens (including phenoxy) is 1. The van der Waals surface area contributed by atoms with Crippen LogP contribution in [0.4, 0.5) is 0 Å². The monoisotopic (exact) mass is 512 g/mol. The molecule has 180 valence electrons. The first-order valence-electron chi connectivity index (χ1n) is 11.1. The normalized spacial score (nSPS) is 11.7. The number of carbonyl (C=O) groups is 2. The van der Waals surface area contributed by atoms with Crippen molar-refractivity contribution in [2.24, 2.45) is 0 Å². The van der Waals surface area contributed by atoms with Crippen LogP contribution in [-0.2, 0) is 16.1 Å². The number of hydrogen-bond donors (Lipinski definition) is 1. The minimum Gasteiger partial charge on any atom is -0.484 e. The van der Waals surface area contributed by atoms with E-state index < -0.39 is 6.04 Å². The van der Waals surface area contributed by atoms with Gasteiger partial charge < -0.3 is 15.0 Å². The maximum Gasteiger partial charge on any atom is 0.261 e. The van der Waals surface area contributed by atoms with Gasteiger partial charge in [-0.2, -0.15) is 0 Å². The number of hydrogen-bond acceptors (Lipinski definition) is 3. The lowest BCUT2D eigenvalue weighted by atomic mass is 10.1. The summed E-state index contributed by atoms with van der Waals surface area (Å²) >= 11 is 19.0. The molecule has 0 fully saturated rings. The summed E-state index contributed by atoms with van der Waals surface area (Å²) in [5.41, 5.74) is 2.31. The molecule has 0 saturated heterocycles. The van der Waals surface area contributed by atoms with E-state index in [1.165, 1.54) is 4.90 Å². The van der Waals surface area contributed by atoms with E-state index in [4.69, 9.17) is 39.5 Å². The first-order chi connectivity index (χ1) is 15.7. The van der Waals surface area contributed by atoms with Crippen LogP contribution in [0.3, 0.4) is 0 Å². The second-order valence-electron chi connectivity index (χ2n) is 7.95. The fourth-order valence-electron chi connectivity index (χ4n) is 3.50. The van der Waals surface area contributed by atoms with E-state index in [0.29, 0.717) is 39.3 Å². The summed E-state index contributed by atoms with van der Waals surface area (Å²) in [6, 6.07) is 8.05. The van der Waals surface area contributed by atoms with Gasteiger partial charge in [0.15, 0.2) is 6.61 Å². The number of unbranched alkanes of at least 4 members (excludes halogenated alkanes) is 1. The van der Waals surface area contributed by atoms with E-state index >= 15 is 0 Å². The summed E-state index contributed by atoms with van der Waals surface area (Å²) < 4.78 is 5.79. The van der Waals surface area contributed by atoms with Crippen LogP contribution in [0, 0.1) is 13.8 Å². The molecule has 0 bridgehead atoms. The zero-order chi connectivity index (χ0) is 24.5. The van der Waals surface area contributed by atoms with Crippen molar-refractivity contribution in [3.05, 3.63) is 62.1 Å². The molecule has 0 aliphatic rings. The van der Waals surface area contributed by atoms with Crippen LogP contribution in [0.2, 0.25) is 15.1 Å². The largest absolute Gasteiger partial charge is 0.484 e. The fourth-order valence-corrected chi connectivity index (χ4v) is 4.12. The molecule has 8 heteroatoms. The Bertz CT molecular complexity index is 938. The number of benzene rings is 2. The molecule has 2 aromatic carbocycles. The number of nitrogens with one attached hydrogen (secondary N) is 1. The maximum absolute atomic E-state index is 13.3. The van der Waals surface area contributed by atoms with Crippen molar-refractivity contribution in [2.45, 2.75) is 59.5 Å². The average Bonchev–Trinajstić information content (AvgIpc) is 2.77. The summed E-state index contributed by atoms with van der Waals surface area (Å²) in [4.78, 5) is 27.7. The maximum atomic E-state index is 13.3. The minimum absolute atomic E-state index is 0.0963. The highest BCUT2D eigenvalue weighted by atomic mass is 35.5. The number of nitrogens with zero attached hydrogens (tertiary/aromatic N) is 1. The van der Waals surface area contributed by atoms with Gasteiger partial charge in [0.05, 0.1) is 0 Å². The Balaban J connectivity index is 2.28. The minimum atomic E-state index is -0.681. The van der Waals surface area contributed by atoms with Crippen molar-refractivity contribution in [1.29, 1.82) is 0 Å². The molecule has 1 atom stereocenters. The van der Waals surface area contributed by atoms with Gasteiger partial charge in [-0.1, -0.05) is 61.1 Å². The molecule has 0 radical (unpaired) electrons. The highest BCUT2D eigenvalue weighted by Crippen LogP contribution is 2.28. The van der Waals surface area contributed by atoms with E-state index in [1.807, 2.05) is 20.8 Å². The quantitative estimate of drug-likeness (QED) is 0.355. The van der Waals surface area contributed by atoms with Crippen LogP contribution in [-0.4, -0.2) is 35.9 Å². The molecule has 0 aliphatic heterocycles. The smallest absolute Gasteiger partial charge is 0.261 e. The predicted octanol–water partition coefficient (Wildman–Crippen LogP) is 6.37. The Morgan fingerprint density at radius 3 is 2.21 bits per heavy atom. The van der Waals surface area contributed by atoms with Crippen molar-refractivity contribution < 1.29 is 14.3 Å². The van der Waals surface area contributed by atoms with Gasteiger partial charge in [-0.15, -0.1) is 0 Å². The molecule has 0 heterocycles. The van der Waals surface area contributed by atoms with E-state index in [2.05, 4.69) is 12.2 Å². The third kappa shape index (κ3) is 7.53. The zero-order valence-electron chi connectivity index (χ0n) is 19.5. The van der Waals surface area contributed by atoms with Gasteiger partial charge >= 0.3 is 0 Å².